The molecule has 30 heavy (non-hydrogen) atoms. The summed E-state index contributed by atoms with van der Waals surface area (Å²) in [6.07, 6.45) is 1.29. The number of carbonyl (C=O) groups excluding carboxylic acids is 1. The van der Waals surface area contributed by atoms with E-state index in [0.29, 0.717) is 12.5 Å². The van der Waals surface area contributed by atoms with Gasteiger partial charge in [-0.1, -0.05) is 6.07 Å². The van der Waals surface area contributed by atoms with Crippen molar-refractivity contribution in [2.45, 2.75) is 37.5 Å². The van der Waals surface area contributed by atoms with Crippen molar-refractivity contribution < 1.29 is 27.9 Å². The summed E-state index contributed by atoms with van der Waals surface area (Å²) in [5, 5.41) is 13.4. The number of carboxylic acid groups (broad SMARTS) is 1. The van der Waals surface area contributed by atoms with E-state index in [9.17, 15) is 18.0 Å². The molecule has 3 heterocycles. The monoisotopic (exact) mass is 446 g/mol. The molecular formula is C19H25F3N4O3S. The first kappa shape index (κ1) is 23.9. The molecule has 7 nitrogen and oxygen atoms in total. The van der Waals surface area contributed by atoms with Gasteiger partial charge in [-0.3, -0.25) is 9.48 Å². The highest BCUT2D eigenvalue weighted by Crippen LogP contribution is 2.26. The summed E-state index contributed by atoms with van der Waals surface area (Å²) in [5.41, 5.74) is 1.19. The number of amides is 1. The van der Waals surface area contributed by atoms with Crippen LogP contribution in [0.3, 0.4) is 0 Å². The van der Waals surface area contributed by atoms with Crippen LogP contribution in [0, 0.1) is 0 Å². The molecule has 0 saturated carbocycles. The first-order chi connectivity index (χ1) is 14.0. The van der Waals surface area contributed by atoms with Crippen LogP contribution in [0.15, 0.2) is 29.9 Å². The molecule has 0 bridgehead atoms. The Kier molecular flexibility index (Phi) is 8.02. The zero-order valence-corrected chi connectivity index (χ0v) is 17.8. The van der Waals surface area contributed by atoms with E-state index in [-0.39, 0.29) is 11.9 Å². The lowest BCUT2D eigenvalue weighted by Crippen LogP contribution is -2.46. The van der Waals surface area contributed by atoms with Gasteiger partial charge in [0.2, 0.25) is 5.91 Å². The lowest BCUT2D eigenvalue weighted by molar-refractivity contribution is -0.192. The minimum absolute atomic E-state index is 0.224. The Bertz CT molecular complexity index is 836. The molecule has 3 rings (SSSR count). The summed E-state index contributed by atoms with van der Waals surface area (Å²) in [5.74, 6) is -2.52. The number of halogens is 3. The third-order valence-electron chi connectivity index (χ3n) is 4.85. The van der Waals surface area contributed by atoms with Crippen LogP contribution in [-0.4, -0.2) is 75.5 Å². The van der Waals surface area contributed by atoms with Crippen molar-refractivity contribution in [3.8, 4) is 0 Å². The van der Waals surface area contributed by atoms with Gasteiger partial charge < -0.3 is 14.9 Å². The van der Waals surface area contributed by atoms with E-state index in [2.05, 4.69) is 29.0 Å². The minimum atomic E-state index is -5.08. The molecule has 0 radical (unpaired) electrons. The first-order valence-corrected chi connectivity index (χ1v) is 10.1. The molecule has 2 aromatic rings. The SMILES string of the molecule is CN(C)[C@@H]1CCN(C(=O)Cc2cccs2)[C@H]1Cc1cnn(C)c1.O=C(O)C(F)(F)F. The topological polar surface area (TPSA) is 78.7 Å². The zero-order valence-electron chi connectivity index (χ0n) is 17.0. The number of carboxylic acids is 1. The van der Waals surface area contributed by atoms with E-state index in [1.807, 2.05) is 41.6 Å². The van der Waals surface area contributed by atoms with Gasteiger partial charge in [0.15, 0.2) is 0 Å². The molecular weight excluding hydrogens is 421 g/mol. The average molecular weight is 446 g/mol. The Balaban J connectivity index is 0.000000396. The Morgan fingerprint density at radius 3 is 2.50 bits per heavy atom. The number of rotatable bonds is 5. The van der Waals surface area contributed by atoms with Crippen molar-refractivity contribution in [1.29, 1.82) is 0 Å². The number of alkyl halides is 3. The summed E-state index contributed by atoms with van der Waals surface area (Å²) in [6.45, 7) is 0.845. The Hall–Kier alpha value is -2.40. The molecule has 0 aliphatic carbocycles. The fourth-order valence-electron chi connectivity index (χ4n) is 3.48. The average Bonchev–Trinajstić information content (AvgIpc) is 3.36. The first-order valence-electron chi connectivity index (χ1n) is 9.25. The normalized spacial score (nSPS) is 19.0. The summed E-state index contributed by atoms with van der Waals surface area (Å²) in [4.78, 5) is 27.1. The minimum Gasteiger partial charge on any atom is -0.475 e. The number of thiophene rings is 1. The maximum atomic E-state index is 12.8. The van der Waals surface area contributed by atoms with Gasteiger partial charge in [-0.05, 0) is 43.9 Å². The largest absolute Gasteiger partial charge is 0.490 e. The number of aryl methyl sites for hydroxylation is 1. The number of aromatic nitrogens is 2. The van der Waals surface area contributed by atoms with E-state index < -0.39 is 12.1 Å². The summed E-state index contributed by atoms with van der Waals surface area (Å²) in [7, 11) is 6.14. The number of carbonyl (C=O) groups is 2. The smallest absolute Gasteiger partial charge is 0.475 e. The summed E-state index contributed by atoms with van der Waals surface area (Å²) in [6, 6.07) is 4.68. The second-order valence-corrected chi connectivity index (χ2v) is 8.29. The number of hydrogen-bond acceptors (Lipinski definition) is 5. The van der Waals surface area contributed by atoms with Crippen LogP contribution < -0.4 is 0 Å². The van der Waals surface area contributed by atoms with Crippen LogP contribution in [0.2, 0.25) is 0 Å². The van der Waals surface area contributed by atoms with Crippen LogP contribution >= 0.6 is 11.3 Å². The van der Waals surface area contributed by atoms with Gasteiger partial charge in [0, 0.05) is 30.7 Å². The molecule has 0 spiro atoms. The van der Waals surface area contributed by atoms with Gasteiger partial charge >= 0.3 is 12.1 Å². The highest BCUT2D eigenvalue weighted by atomic mass is 32.1. The van der Waals surface area contributed by atoms with E-state index >= 15 is 0 Å². The van der Waals surface area contributed by atoms with Crippen molar-refractivity contribution >= 4 is 23.2 Å². The molecule has 1 fully saturated rings. The highest BCUT2D eigenvalue weighted by Gasteiger charge is 2.39. The van der Waals surface area contributed by atoms with Gasteiger partial charge in [-0.25, -0.2) is 4.79 Å². The van der Waals surface area contributed by atoms with Crippen LogP contribution in [-0.2, 0) is 29.5 Å². The summed E-state index contributed by atoms with van der Waals surface area (Å²) < 4.78 is 33.6. The number of nitrogens with zero attached hydrogens (tertiary/aromatic N) is 4. The molecule has 11 heteroatoms. The molecule has 1 amide bonds. The Morgan fingerprint density at radius 1 is 1.37 bits per heavy atom. The second kappa shape index (κ2) is 10.1. The lowest BCUT2D eigenvalue weighted by Gasteiger charge is -2.31. The van der Waals surface area contributed by atoms with Crippen molar-refractivity contribution in [1.82, 2.24) is 19.6 Å². The molecule has 1 N–H and O–H groups in total. The zero-order chi connectivity index (χ0) is 22.5. The fraction of sp³-hybridized carbons (Fsp3) is 0.526. The Labute approximate surface area is 176 Å². The number of likely N-dealkylation sites (tertiary alicyclic amines) is 1. The van der Waals surface area contributed by atoms with Gasteiger partial charge in [0.1, 0.15) is 0 Å². The molecule has 166 valence electrons. The van der Waals surface area contributed by atoms with E-state index in [1.54, 1.807) is 11.3 Å². The third kappa shape index (κ3) is 6.56. The van der Waals surface area contributed by atoms with Crippen LogP contribution in [0.5, 0.6) is 0 Å². The van der Waals surface area contributed by atoms with Gasteiger partial charge in [0.05, 0.1) is 18.7 Å². The highest BCUT2D eigenvalue weighted by molar-refractivity contribution is 7.10. The van der Waals surface area contributed by atoms with Crippen LogP contribution in [0.4, 0.5) is 13.2 Å². The van der Waals surface area contributed by atoms with Crippen molar-refractivity contribution in [2.75, 3.05) is 20.6 Å². The molecule has 2 atom stereocenters. The van der Waals surface area contributed by atoms with E-state index in [0.717, 1.165) is 24.3 Å². The van der Waals surface area contributed by atoms with Gasteiger partial charge in [0.25, 0.3) is 0 Å². The Morgan fingerprint density at radius 2 is 2.03 bits per heavy atom. The molecule has 1 aliphatic heterocycles. The van der Waals surface area contributed by atoms with Gasteiger partial charge in [-0.15, -0.1) is 11.3 Å². The van der Waals surface area contributed by atoms with Crippen LogP contribution in [0.25, 0.3) is 0 Å². The van der Waals surface area contributed by atoms with Crippen molar-refractivity contribution in [2.24, 2.45) is 7.05 Å². The number of aliphatic carboxylic acids is 1. The molecule has 0 unspecified atom stereocenters. The molecule has 2 aromatic heterocycles. The predicted molar refractivity (Wildman–Crippen MR) is 106 cm³/mol. The molecule has 0 aromatic carbocycles. The van der Waals surface area contributed by atoms with Crippen molar-refractivity contribution in [3.63, 3.8) is 0 Å². The fourth-order valence-corrected chi connectivity index (χ4v) is 4.17. The van der Waals surface area contributed by atoms with E-state index in [1.165, 1.54) is 5.56 Å². The van der Waals surface area contributed by atoms with Crippen LogP contribution in [0.1, 0.15) is 16.9 Å². The number of likely N-dealkylation sites (N-methyl/N-ethyl adjacent to an activating group) is 1. The molecule has 1 saturated heterocycles. The van der Waals surface area contributed by atoms with Gasteiger partial charge in [-0.2, -0.15) is 18.3 Å². The maximum absolute atomic E-state index is 12.8. The third-order valence-corrected chi connectivity index (χ3v) is 5.72. The lowest BCUT2D eigenvalue weighted by atomic mass is 10.0. The predicted octanol–water partition coefficient (Wildman–Crippen LogP) is 2.43. The van der Waals surface area contributed by atoms with Crippen molar-refractivity contribution in [3.05, 3.63) is 40.3 Å². The quantitative estimate of drug-likeness (QED) is 0.763. The number of hydrogen-bond donors (Lipinski definition) is 1. The standard InChI is InChI=1S/C17H24N4OS.C2HF3O2/c1-19(2)15-6-7-21(17(22)10-14-5-4-8-23-14)16(15)9-13-11-18-20(3)12-13;3-2(4,5)1(6)7/h4-5,8,11-12,15-16H,6-7,9-10H2,1-3H3;(H,6,7)/t15-,16+;/m1./s1. The second-order valence-electron chi connectivity index (χ2n) is 7.26. The maximum Gasteiger partial charge on any atom is 0.490 e. The molecule has 1 aliphatic rings. The van der Waals surface area contributed by atoms with E-state index in [4.69, 9.17) is 9.90 Å². The summed E-state index contributed by atoms with van der Waals surface area (Å²) >= 11 is 1.65.